The summed E-state index contributed by atoms with van der Waals surface area (Å²) in [7, 11) is 0. The standard InChI is InChI=1S/C19H19FN2O2S/c1-2-22(12-13-6-5-7-14(20)10-13)18(23)11-17-19(24)21-15-8-3-4-9-16(15)25-17/h3-10,17H,2,11-12H2,1H3,(H,21,24)/t17-/m1/s1. The third-order valence-corrected chi connectivity index (χ3v) is 5.34. The summed E-state index contributed by atoms with van der Waals surface area (Å²) in [5.74, 6) is -0.586. The lowest BCUT2D eigenvalue weighted by Gasteiger charge is -2.27. The van der Waals surface area contributed by atoms with Gasteiger partial charge in [-0.3, -0.25) is 9.59 Å². The SMILES string of the molecule is CCN(Cc1cccc(F)c1)C(=O)C[C@H]1Sc2ccccc2NC1=O. The maximum atomic E-state index is 13.3. The number of thioether (sulfide) groups is 1. The molecule has 0 bridgehead atoms. The van der Waals surface area contributed by atoms with Crippen LogP contribution >= 0.6 is 11.8 Å². The maximum absolute atomic E-state index is 13.3. The van der Waals surface area contributed by atoms with Crippen molar-refractivity contribution < 1.29 is 14.0 Å². The number of amides is 2. The molecule has 0 aromatic heterocycles. The van der Waals surface area contributed by atoms with Gasteiger partial charge >= 0.3 is 0 Å². The molecule has 2 aromatic carbocycles. The lowest BCUT2D eigenvalue weighted by molar-refractivity contribution is -0.133. The summed E-state index contributed by atoms with van der Waals surface area (Å²) in [6.45, 7) is 2.72. The van der Waals surface area contributed by atoms with Crippen molar-refractivity contribution in [2.24, 2.45) is 0 Å². The van der Waals surface area contributed by atoms with Crippen molar-refractivity contribution in [2.75, 3.05) is 11.9 Å². The van der Waals surface area contributed by atoms with Crippen LogP contribution in [0.4, 0.5) is 10.1 Å². The zero-order valence-electron chi connectivity index (χ0n) is 13.9. The average Bonchev–Trinajstić information content (AvgIpc) is 2.60. The molecule has 4 nitrogen and oxygen atoms in total. The van der Waals surface area contributed by atoms with Crippen molar-refractivity contribution >= 4 is 29.3 Å². The normalized spacial score (nSPS) is 16.1. The molecular weight excluding hydrogens is 339 g/mol. The molecule has 1 atom stereocenters. The van der Waals surface area contributed by atoms with E-state index < -0.39 is 5.25 Å². The summed E-state index contributed by atoms with van der Waals surface area (Å²) >= 11 is 1.41. The molecule has 1 aliphatic rings. The summed E-state index contributed by atoms with van der Waals surface area (Å²) in [5.41, 5.74) is 1.52. The van der Waals surface area contributed by atoms with Gasteiger partial charge in [-0.25, -0.2) is 4.39 Å². The Morgan fingerprint density at radius 1 is 1.24 bits per heavy atom. The molecule has 2 amide bonds. The second kappa shape index (κ2) is 7.70. The third kappa shape index (κ3) is 4.20. The molecule has 0 saturated carbocycles. The summed E-state index contributed by atoms with van der Waals surface area (Å²) in [4.78, 5) is 27.5. The first-order chi connectivity index (χ1) is 12.1. The fourth-order valence-corrected chi connectivity index (χ4v) is 3.85. The van der Waals surface area contributed by atoms with Gasteiger partial charge in [0.1, 0.15) is 5.82 Å². The Kier molecular flexibility index (Phi) is 5.38. The highest BCUT2D eigenvalue weighted by atomic mass is 32.2. The molecule has 6 heteroatoms. The van der Waals surface area contributed by atoms with Crippen LogP contribution in [-0.2, 0) is 16.1 Å². The zero-order valence-corrected chi connectivity index (χ0v) is 14.7. The highest BCUT2D eigenvalue weighted by molar-refractivity contribution is 8.01. The van der Waals surface area contributed by atoms with Crippen LogP contribution < -0.4 is 5.32 Å². The first-order valence-corrected chi connectivity index (χ1v) is 9.03. The molecule has 3 rings (SSSR count). The van der Waals surface area contributed by atoms with Gasteiger partial charge in [-0.15, -0.1) is 11.8 Å². The number of nitrogens with one attached hydrogen (secondary N) is 1. The van der Waals surface area contributed by atoms with Gasteiger partial charge in [0.15, 0.2) is 0 Å². The topological polar surface area (TPSA) is 49.4 Å². The van der Waals surface area contributed by atoms with Crippen LogP contribution in [0.5, 0.6) is 0 Å². The van der Waals surface area contributed by atoms with Crippen molar-refractivity contribution in [2.45, 2.75) is 30.0 Å². The predicted octanol–water partition coefficient (Wildman–Crippen LogP) is 3.68. The van der Waals surface area contributed by atoms with Crippen LogP contribution in [0.3, 0.4) is 0 Å². The van der Waals surface area contributed by atoms with E-state index in [0.717, 1.165) is 16.1 Å². The van der Waals surface area contributed by atoms with Crippen LogP contribution in [0.2, 0.25) is 0 Å². The number of halogens is 1. The number of fused-ring (bicyclic) bond motifs is 1. The summed E-state index contributed by atoms with van der Waals surface area (Å²) < 4.78 is 13.3. The number of hydrogen-bond donors (Lipinski definition) is 1. The van der Waals surface area contributed by atoms with Gasteiger partial charge in [-0.05, 0) is 36.8 Å². The van der Waals surface area contributed by atoms with Crippen LogP contribution in [-0.4, -0.2) is 28.5 Å². The van der Waals surface area contributed by atoms with E-state index >= 15 is 0 Å². The first kappa shape index (κ1) is 17.5. The van der Waals surface area contributed by atoms with Crippen LogP contribution in [0.25, 0.3) is 0 Å². The Bertz CT molecular complexity index is 796. The highest BCUT2D eigenvalue weighted by Crippen LogP contribution is 2.36. The molecule has 130 valence electrons. The van der Waals surface area contributed by atoms with E-state index in [4.69, 9.17) is 0 Å². The van der Waals surface area contributed by atoms with E-state index in [1.165, 1.54) is 23.9 Å². The molecule has 1 heterocycles. The number of anilines is 1. The van der Waals surface area contributed by atoms with Crippen molar-refractivity contribution in [3.05, 3.63) is 59.9 Å². The number of carbonyl (C=O) groups is 2. The van der Waals surface area contributed by atoms with E-state index in [-0.39, 0.29) is 24.1 Å². The van der Waals surface area contributed by atoms with Crippen LogP contribution in [0, 0.1) is 5.82 Å². The van der Waals surface area contributed by atoms with E-state index in [0.29, 0.717) is 13.1 Å². The minimum absolute atomic E-state index is 0.112. The van der Waals surface area contributed by atoms with Gasteiger partial charge < -0.3 is 10.2 Å². The zero-order chi connectivity index (χ0) is 17.8. The highest BCUT2D eigenvalue weighted by Gasteiger charge is 2.30. The van der Waals surface area contributed by atoms with Gasteiger partial charge in [0.05, 0.1) is 10.9 Å². The molecule has 0 aliphatic carbocycles. The number of nitrogens with zero attached hydrogens (tertiary/aromatic N) is 1. The molecule has 1 aliphatic heterocycles. The summed E-state index contributed by atoms with van der Waals surface area (Å²) in [6, 6.07) is 13.8. The van der Waals surface area contributed by atoms with Crippen molar-refractivity contribution in [3.8, 4) is 0 Å². The van der Waals surface area contributed by atoms with Crippen LogP contribution in [0.15, 0.2) is 53.4 Å². The Morgan fingerprint density at radius 3 is 2.80 bits per heavy atom. The van der Waals surface area contributed by atoms with Crippen LogP contribution in [0.1, 0.15) is 18.9 Å². The van der Waals surface area contributed by atoms with E-state index in [9.17, 15) is 14.0 Å². The molecule has 0 spiro atoms. The molecule has 0 fully saturated rings. The molecule has 0 unspecified atom stereocenters. The lowest BCUT2D eigenvalue weighted by atomic mass is 10.2. The Labute approximate surface area is 150 Å². The molecule has 1 N–H and O–H groups in total. The largest absolute Gasteiger partial charge is 0.339 e. The van der Waals surface area contributed by atoms with E-state index in [1.54, 1.807) is 17.0 Å². The minimum Gasteiger partial charge on any atom is -0.339 e. The van der Waals surface area contributed by atoms with Gasteiger partial charge in [0.25, 0.3) is 0 Å². The number of para-hydroxylation sites is 1. The average molecular weight is 358 g/mol. The fraction of sp³-hybridized carbons (Fsp3) is 0.263. The van der Waals surface area contributed by atoms with E-state index in [2.05, 4.69) is 5.32 Å². The first-order valence-electron chi connectivity index (χ1n) is 8.15. The number of carbonyl (C=O) groups excluding carboxylic acids is 2. The molecule has 2 aromatic rings. The molecular formula is C19H19FN2O2S. The minimum atomic E-state index is -0.455. The number of benzene rings is 2. The van der Waals surface area contributed by atoms with Crippen molar-refractivity contribution in [1.82, 2.24) is 4.90 Å². The fourth-order valence-electron chi connectivity index (χ4n) is 2.75. The quantitative estimate of drug-likeness (QED) is 0.887. The molecule has 0 saturated heterocycles. The summed E-state index contributed by atoms with van der Waals surface area (Å²) in [6.07, 6.45) is 0.119. The molecule has 0 radical (unpaired) electrons. The van der Waals surface area contributed by atoms with Crippen molar-refractivity contribution in [3.63, 3.8) is 0 Å². The van der Waals surface area contributed by atoms with Gasteiger partial charge in [0.2, 0.25) is 11.8 Å². The second-order valence-corrected chi connectivity index (χ2v) is 7.08. The van der Waals surface area contributed by atoms with Gasteiger partial charge in [-0.2, -0.15) is 0 Å². The lowest BCUT2D eigenvalue weighted by Crippen LogP contribution is -2.37. The Hall–Kier alpha value is -2.34. The Balaban J connectivity index is 1.67. The maximum Gasteiger partial charge on any atom is 0.238 e. The Morgan fingerprint density at radius 2 is 2.04 bits per heavy atom. The third-order valence-electron chi connectivity index (χ3n) is 4.06. The summed E-state index contributed by atoms with van der Waals surface area (Å²) in [5, 5.41) is 2.39. The van der Waals surface area contributed by atoms with E-state index in [1.807, 2.05) is 31.2 Å². The number of hydrogen-bond acceptors (Lipinski definition) is 3. The molecule has 25 heavy (non-hydrogen) atoms. The number of rotatable bonds is 5. The monoisotopic (exact) mass is 358 g/mol. The predicted molar refractivity (Wildman–Crippen MR) is 96.8 cm³/mol. The van der Waals surface area contributed by atoms with Crippen molar-refractivity contribution in [1.29, 1.82) is 0 Å². The second-order valence-electron chi connectivity index (χ2n) is 5.83. The van der Waals surface area contributed by atoms with Gasteiger partial charge in [0, 0.05) is 24.4 Å². The van der Waals surface area contributed by atoms with Gasteiger partial charge in [-0.1, -0.05) is 24.3 Å². The smallest absolute Gasteiger partial charge is 0.238 e.